The highest BCUT2D eigenvalue weighted by atomic mass is 16.5. The Kier molecular flexibility index (Phi) is 6.39. The quantitative estimate of drug-likeness (QED) is 0.755. The number of carbonyl (C=O) groups excluding carboxylic acids is 2. The third-order valence-corrected chi connectivity index (χ3v) is 6.07. The summed E-state index contributed by atoms with van der Waals surface area (Å²) in [6.07, 6.45) is 7.61. The van der Waals surface area contributed by atoms with Crippen molar-refractivity contribution in [1.82, 2.24) is 15.6 Å². The number of carbonyl (C=O) groups is 2. The second-order valence-corrected chi connectivity index (χ2v) is 8.21. The first-order chi connectivity index (χ1) is 14.2. The summed E-state index contributed by atoms with van der Waals surface area (Å²) in [5, 5.41) is 7.27. The van der Waals surface area contributed by atoms with Gasteiger partial charge >= 0.3 is 0 Å². The number of rotatable bonds is 7. The maximum atomic E-state index is 12.4. The van der Waals surface area contributed by atoms with Crippen LogP contribution in [0.4, 0.5) is 0 Å². The van der Waals surface area contributed by atoms with Crippen molar-refractivity contribution in [2.45, 2.75) is 57.0 Å². The molecule has 1 aliphatic heterocycles. The maximum absolute atomic E-state index is 12.4. The average Bonchev–Trinajstić information content (AvgIpc) is 3.39. The predicted octanol–water partition coefficient (Wildman–Crippen LogP) is 2.75. The number of ether oxygens (including phenoxy) is 1. The fourth-order valence-electron chi connectivity index (χ4n) is 4.45. The average molecular weight is 396 g/mol. The zero-order valence-corrected chi connectivity index (χ0v) is 16.7. The van der Waals surface area contributed by atoms with Gasteiger partial charge in [-0.2, -0.15) is 0 Å². The standard InChI is InChI=1S/C23H29N3O3/c27-22(25-18-5-1-2-6-18)9-10-23(28)26-21-15-29-14-17(21)13-16-11-12-24-20-8-4-3-7-19(16)20/h3-4,7-8,11-12,17-18,21H,1-2,5-6,9-10,13-15H2,(H,25,27)(H,26,28)/t17-,21-/m1/s1. The molecule has 0 bridgehead atoms. The van der Waals surface area contributed by atoms with Gasteiger partial charge in [0.1, 0.15) is 0 Å². The van der Waals surface area contributed by atoms with E-state index in [1.54, 1.807) is 0 Å². The highest BCUT2D eigenvalue weighted by Gasteiger charge is 2.30. The highest BCUT2D eigenvalue weighted by molar-refractivity contribution is 5.84. The molecule has 2 fully saturated rings. The molecule has 1 saturated carbocycles. The SMILES string of the molecule is O=C(CCC(=O)N[C@@H]1COC[C@H]1Cc1ccnc2ccccc12)NC1CCCC1. The summed E-state index contributed by atoms with van der Waals surface area (Å²) in [7, 11) is 0. The molecule has 1 aliphatic carbocycles. The minimum Gasteiger partial charge on any atom is -0.379 e. The molecule has 2 N–H and O–H groups in total. The van der Waals surface area contributed by atoms with E-state index < -0.39 is 0 Å². The van der Waals surface area contributed by atoms with Crippen LogP contribution in [0.3, 0.4) is 0 Å². The Morgan fingerprint density at radius 1 is 1.00 bits per heavy atom. The predicted molar refractivity (Wildman–Crippen MR) is 111 cm³/mol. The van der Waals surface area contributed by atoms with Crippen LogP contribution >= 0.6 is 0 Å². The van der Waals surface area contributed by atoms with E-state index in [2.05, 4.69) is 21.7 Å². The molecule has 6 nitrogen and oxygen atoms in total. The Bertz CT molecular complexity index is 858. The summed E-state index contributed by atoms with van der Waals surface area (Å²) < 4.78 is 5.66. The minimum absolute atomic E-state index is 0.0190. The molecule has 2 amide bonds. The molecule has 2 aliphatic rings. The van der Waals surface area contributed by atoms with Gasteiger partial charge in [-0.05, 0) is 37.0 Å². The van der Waals surface area contributed by atoms with Crippen LogP contribution in [-0.2, 0) is 20.7 Å². The van der Waals surface area contributed by atoms with E-state index in [-0.39, 0.29) is 36.6 Å². The van der Waals surface area contributed by atoms with Gasteiger partial charge in [0.15, 0.2) is 0 Å². The monoisotopic (exact) mass is 395 g/mol. The Labute approximate surface area is 171 Å². The Balaban J connectivity index is 1.29. The number of fused-ring (bicyclic) bond motifs is 1. The molecule has 0 spiro atoms. The lowest BCUT2D eigenvalue weighted by Gasteiger charge is -2.20. The molecule has 1 aromatic carbocycles. The molecule has 2 heterocycles. The summed E-state index contributed by atoms with van der Waals surface area (Å²) in [5.74, 6) is 0.123. The van der Waals surface area contributed by atoms with Gasteiger partial charge in [0.2, 0.25) is 11.8 Å². The van der Waals surface area contributed by atoms with E-state index in [9.17, 15) is 9.59 Å². The van der Waals surface area contributed by atoms with E-state index in [0.29, 0.717) is 19.3 Å². The molecule has 2 aromatic rings. The summed E-state index contributed by atoms with van der Waals surface area (Å²) in [6.45, 7) is 1.15. The fourth-order valence-corrected chi connectivity index (χ4v) is 4.45. The number of hydrogen-bond acceptors (Lipinski definition) is 4. The summed E-state index contributed by atoms with van der Waals surface area (Å²) in [5.41, 5.74) is 2.21. The van der Waals surface area contributed by atoms with Crippen LogP contribution in [-0.4, -0.2) is 42.1 Å². The van der Waals surface area contributed by atoms with Gasteiger partial charge in [0, 0.05) is 36.4 Å². The molecule has 154 valence electrons. The van der Waals surface area contributed by atoms with E-state index in [0.717, 1.165) is 30.2 Å². The van der Waals surface area contributed by atoms with Crippen LogP contribution in [0.5, 0.6) is 0 Å². The fraction of sp³-hybridized carbons (Fsp3) is 0.522. The van der Waals surface area contributed by atoms with Crippen LogP contribution in [0.15, 0.2) is 36.5 Å². The van der Waals surface area contributed by atoms with E-state index in [4.69, 9.17) is 4.74 Å². The van der Waals surface area contributed by atoms with Crippen molar-refractivity contribution in [3.8, 4) is 0 Å². The molecule has 6 heteroatoms. The topological polar surface area (TPSA) is 80.3 Å². The summed E-state index contributed by atoms with van der Waals surface area (Å²) in [4.78, 5) is 28.9. The Morgan fingerprint density at radius 3 is 2.59 bits per heavy atom. The van der Waals surface area contributed by atoms with Crippen LogP contribution in [0, 0.1) is 5.92 Å². The van der Waals surface area contributed by atoms with Gasteiger partial charge in [-0.15, -0.1) is 0 Å². The number of nitrogens with zero attached hydrogens (tertiary/aromatic N) is 1. The first-order valence-corrected chi connectivity index (χ1v) is 10.7. The van der Waals surface area contributed by atoms with E-state index in [1.165, 1.54) is 18.4 Å². The highest BCUT2D eigenvalue weighted by Crippen LogP contribution is 2.24. The largest absolute Gasteiger partial charge is 0.379 e. The van der Waals surface area contributed by atoms with Gasteiger partial charge in [-0.25, -0.2) is 0 Å². The van der Waals surface area contributed by atoms with Gasteiger partial charge in [-0.1, -0.05) is 31.0 Å². The van der Waals surface area contributed by atoms with Crippen LogP contribution < -0.4 is 10.6 Å². The lowest BCUT2D eigenvalue weighted by atomic mass is 9.93. The van der Waals surface area contributed by atoms with Gasteiger partial charge in [0.05, 0.1) is 24.8 Å². The smallest absolute Gasteiger partial charge is 0.220 e. The number of aromatic nitrogens is 1. The van der Waals surface area contributed by atoms with Crippen LogP contribution in [0.1, 0.15) is 44.1 Å². The summed E-state index contributed by atoms with van der Waals surface area (Å²) >= 11 is 0. The molecule has 1 saturated heterocycles. The molecule has 4 rings (SSSR count). The number of hydrogen-bond donors (Lipinski definition) is 2. The lowest BCUT2D eigenvalue weighted by molar-refractivity contribution is -0.127. The van der Waals surface area contributed by atoms with Crippen molar-refractivity contribution in [1.29, 1.82) is 0 Å². The van der Waals surface area contributed by atoms with Crippen molar-refractivity contribution in [2.75, 3.05) is 13.2 Å². The number of nitrogens with one attached hydrogen (secondary N) is 2. The Morgan fingerprint density at radius 2 is 1.76 bits per heavy atom. The normalized spacial score (nSPS) is 22.1. The van der Waals surface area contributed by atoms with Crippen molar-refractivity contribution in [3.63, 3.8) is 0 Å². The van der Waals surface area contributed by atoms with E-state index >= 15 is 0 Å². The van der Waals surface area contributed by atoms with Crippen LogP contribution in [0.25, 0.3) is 10.9 Å². The van der Waals surface area contributed by atoms with Crippen molar-refractivity contribution in [3.05, 3.63) is 42.1 Å². The molecular weight excluding hydrogens is 366 g/mol. The third kappa shape index (κ3) is 5.12. The molecule has 29 heavy (non-hydrogen) atoms. The number of benzene rings is 1. The minimum atomic E-state index is -0.0772. The van der Waals surface area contributed by atoms with Crippen molar-refractivity contribution >= 4 is 22.7 Å². The van der Waals surface area contributed by atoms with Crippen LogP contribution in [0.2, 0.25) is 0 Å². The van der Waals surface area contributed by atoms with Gasteiger partial charge < -0.3 is 15.4 Å². The number of amides is 2. The zero-order valence-electron chi connectivity index (χ0n) is 16.7. The molecule has 0 radical (unpaired) electrons. The molecular formula is C23H29N3O3. The molecule has 1 aromatic heterocycles. The van der Waals surface area contributed by atoms with Gasteiger partial charge in [-0.3, -0.25) is 14.6 Å². The van der Waals surface area contributed by atoms with E-state index in [1.807, 2.05) is 30.5 Å². The van der Waals surface area contributed by atoms with Crippen molar-refractivity contribution in [2.24, 2.45) is 5.92 Å². The lowest BCUT2D eigenvalue weighted by Crippen LogP contribution is -2.41. The first-order valence-electron chi connectivity index (χ1n) is 10.7. The maximum Gasteiger partial charge on any atom is 0.220 e. The zero-order chi connectivity index (χ0) is 20.1. The van der Waals surface area contributed by atoms with Gasteiger partial charge in [0.25, 0.3) is 0 Å². The second-order valence-electron chi connectivity index (χ2n) is 8.21. The molecule has 2 atom stereocenters. The summed E-state index contributed by atoms with van der Waals surface area (Å²) in [6, 6.07) is 10.4. The molecule has 0 unspecified atom stereocenters. The second kappa shape index (κ2) is 9.35. The van der Waals surface area contributed by atoms with Crippen molar-refractivity contribution < 1.29 is 14.3 Å². The Hall–Kier alpha value is -2.47. The number of pyridine rings is 1. The first kappa shape index (κ1) is 19.8. The number of para-hydroxylation sites is 1. The third-order valence-electron chi connectivity index (χ3n) is 6.07.